The number of hydrogen-bond donors (Lipinski definition) is 1. The summed E-state index contributed by atoms with van der Waals surface area (Å²) in [7, 11) is 0. The Hall–Kier alpha value is -1.62. The molecular formula is C14H15ClFNO3. The van der Waals surface area contributed by atoms with E-state index < -0.39 is 23.7 Å². The number of carbonyl (C=O) groups is 2. The van der Waals surface area contributed by atoms with Crippen LogP contribution in [-0.4, -0.2) is 28.4 Å². The number of amides is 1. The number of nitrogens with zero attached hydrogens (tertiary/aromatic N) is 1. The molecule has 20 heavy (non-hydrogen) atoms. The molecule has 1 aromatic carbocycles. The summed E-state index contributed by atoms with van der Waals surface area (Å²) in [4.78, 5) is 24.9. The molecule has 1 saturated heterocycles. The largest absolute Gasteiger partial charge is 0.481 e. The van der Waals surface area contributed by atoms with Gasteiger partial charge in [0.05, 0.1) is 12.0 Å². The summed E-state index contributed by atoms with van der Waals surface area (Å²) in [5.74, 6) is -2.58. The van der Waals surface area contributed by atoms with E-state index in [0.29, 0.717) is 18.5 Å². The van der Waals surface area contributed by atoms with Gasteiger partial charge >= 0.3 is 5.97 Å². The van der Waals surface area contributed by atoms with Crippen LogP contribution in [0.3, 0.4) is 0 Å². The van der Waals surface area contributed by atoms with Crippen molar-refractivity contribution in [1.29, 1.82) is 0 Å². The molecule has 0 aliphatic carbocycles. The number of likely N-dealkylation sites (tertiary alicyclic amines) is 1. The number of halogens is 2. The highest BCUT2D eigenvalue weighted by Crippen LogP contribution is 2.41. The standard InChI is InChI=1S/C14H15ClFNO3/c1-2-5-17-12(18)7-10(14(19)20)13(17)9-4-3-8(16)6-11(9)15/h3-4,6,10,13H,2,5,7H2,1H3,(H,19,20). The smallest absolute Gasteiger partial charge is 0.309 e. The van der Waals surface area contributed by atoms with Gasteiger partial charge in [0.1, 0.15) is 5.82 Å². The van der Waals surface area contributed by atoms with Gasteiger partial charge in [0.2, 0.25) is 5.91 Å². The predicted octanol–water partition coefficient (Wildman–Crippen LogP) is 2.86. The van der Waals surface area contributed by atoms with Crippen molar-refractivity contribution in [2.75, 3.05) is 6.54 Å². The molecule has 0 saturated carbocycles. The summed E-state index contributed by atoms with van der Waals surface area (Å²) < 4.78 is 13.1. The first-order valence-corrected chi connectivity index (χ1v) is 6.80. The van der Waals surface area contributed by atoms with Gasteiger partial charge < -0.3 is 10.0 Å². The lowest BCUT2D eigenvalue weighted by Gasteiger charge is -2.27. The summed E-state index contributed by atoms with van der Waals surface area (Å²) >= 11 is 6.02. The molecular weight excluding hydrogens is 285 g/mol. The number of carboxylic acid groups (broad SMARTS) is 1. The van der Waals surface area contributed by atoms with Crippen LogP contribution in [0.15, 0.2) is 18.2 Å². The van der Waals surface area contributed by atoms with Crippen LogP contribution in [0.2, 0.25) is 5.02 Å². The first-order valence-electron chi connectivity index (χ1n) is 6.43. The van der Waals surface area contributed by atoms with E-state index in [1.165, 1.54) is 17.0 Å². The van der Waals surface area contributed by atoms with Crippen LogP contribution in [0.1, 0.15) is 31.4 Å². The van der Waals surface area contributed by atoms with E-state index in [0.717, 1.165) is 6.07 Å². The third kappa shape index (κ3) is 2.63. The lowest BCUT2D eigenvalue weighted by molar-refractivity contribution is -0.142. The first-order chi connectivity index (χ1) is 9.45. The van der Waals surface area contributed by atoms with Gasteiger partial charge in [-0.2, -0.15) is 0 Å². The molecule has 1 amide bonds. The van der Waals surface area contributed by atoms with Gasteiger partial charge in [-0.15, -0.1) is 0 Å². The van der Waals surface area contributed by atoms with E-state index in [4.69, 9.17) is 11.6 Å². The number of aliphatic carboxylic acids is 1. The number of carbonyl (C=O) groups excluding carboxylic acids is 1. The molecule has 1 aromatic rings. The Morgan fingerprint density at radius 1 is 1.55 bits per heavy atom. The Morgan fingerprint density at radius 2 is 2.25 bits per heavy atom. The van der Waals surface area contributed by atoms with E-state index in [2.05, 4.69) is 0 Å². The molecule has 1 fully saturated rings. The molecule has 1 N–H and O–H groups in total. The van der Waals surface area contributed by atoms with Crippen LogP contribution in [0.5, 0.6) is 0 Å². The Bertz CT molecular complexity index is 549. The zero-order valence-corrected chi connectivity index (χ0v) is 11.7. The fourth-order valence-corrected chi connectivity index (χ4v) is 2.92. The fraction of sp³-hybridized carbons (Fsp3) is 0.429. The number of carboxylic acids is 1. The Balaban J connectivity index is 2.46. The van der Waals surface area contributed by atoms with Gasteiger partial charge in [0, 0.05) is 18.0 Å². The molecule has 2 rings (SSSR count). The average molecular weight is 300 g/mol. The maximum atomic E-state index is 13.1. The van der Waals surface area contributed by atoms with Gasteiger partial charge in [0.15, 0.2) is 0 Å². The zero-order valence-electron chi connectivity index (χ0n) is 11.0. The van der Waals surface area contributed by atoms with Gasteiger partial charge in [-0.3, -0.25) is 9.59 Å². The molecule has 1 heterocycles. The van der Waals surface area contributed by atoms with Crippen LogP contribution >= 0.6 is 11.6 Å². The third-order valence-corrected chi connectivity index (χ3v) is 3.82. The van der Waals surface area contributed by atoms with Gasteiger partial charge in [-0.05, 0) is 24.1 Å². The van der Waals surface area contributed by atoms with E-state index >= 15 is 0 Å². The Labute approximate surface area is 121 Å². The lowest BCUT2D eigenvalue weighted by atomic mass is 9.93. The molecule has 1 aliphatic rings. The number of rotatable bonds is 4. The summed E-state index contributed by atoms with van der Waals surface area (Å²) in [5.41, 5.74) is 0.486. The van der Waals surface area contributed by atoms with Gasteiger partial charge in [-0.1, -0.05) is 24.6 Å². The molecule has 2 atom stereocenters. The summed E-state index contributed by atoms with van der Waals surface area (Å²) in [6.45, 7) is 2.37. The summed E-state index contributed by atoms with van der Waals surface area (Å²) in [6.07, 6.45) is 0.668. The predicted molar refractivity (Wildman–Crippen MR) is 71.9 cm³/mol. The van der Waals surface area contributed by atoms with Crippen molar-refractivity contribution in [1.82, 2.24) is 4.90 Å². The van der Waals surface area contributed by atoms with E-state index in [1.807, 2.05) is 6.92 Å². The second kappa shape index (κ2) is 5.79. The van der Waals surface area contributed by atoms with Gasteiger partial charge in [-0.25, -0.2) is 4.39 Å². The van der Waals surface area contributed by atoms with Crippen molar-refractivity contribution in [3.05, 3.63) is 34.6 Å². The highest BCUT2D eigenvalue weighted by Gasteiger charge is 2.44. The zero-order chi connectivity index (χ0) is 14.9. The lowest BCUT2D eigenvalue weighted by Crippen LogP contribution is -2.31. The molecule has 2 unspecified atom stereocenters. The van der Waals surface area contributed by atoms with Crippen LogP contribution in [-0.2, 0) is 9.59 Å². The van der Waals surface area contributed by atoms with Crippen LogP contribution in [0.4, 0.5) is 4.39 Å². The maximum Gasteiger partial charge on any atom is 0.309 e. The first kappa shape index (κ1) is 14.8. The number of benzene rings is 1. The van der Waals surface area contributed by atoms with E-state index in [-0.39, 0.29) is 17.4 Å². The minimum Gasteiger partial charge on any atom is -0.481 e. The van der Waals surface area contributed by atoms with Crippen LogP contribution in [0, 0.1) is 11.7 Å². The van der Waals surface area contributed by atoms with Crippen molar-refractivity contribution < 1.29 is 19.1 Å². The van der Waals surface area contributed by atoms with Crippen molar-refractivity contribution in [3.8, 4) is 0 Å². The quantitative estimate of drug-likeness (QED) is 0.930. The molecule has 0 spiro atoms. The van der Waals surface area contributed by atoms with Crippen LogP contribution < -0.4 is 0 Å². The topological polar surface area (TPSA) is 57.6 Å². The van der Waals surface area contributed by atoms with E-state index in [1.54, 1.807) is 0 Å². The highest BCUT2D eigenvalue weighted by atomic mass is 35.5. The van der Waals surface area contributed by atoms with Crippen molar-refractivity contribution in [3.63, 3.8) is 0 Å². The average Bonchev–Trinajstić information content (AvgIpc) is 2.68. The molecule has 0 radical (unpaired) electrons. The Kier molecular flexibility index (Phi) is 4.28. The SMILES string of the molecule is CCCN1C(=O)CC(C(=O)O)C1c1ccc(F)cc1Cl. The minimum absolute atomic E-state index is 0.0479. The fourth-order valence-electron chi connectivity index (χ4n) is 2.64. The summed E-state index contributed by atoms with van der Waals surface area (Å²) in [6, 6.07) is 3.20. The molecule has 4 nitrogen and oxygen atoms in total. The van der Waals surface area contributed by atoms with Crippen molar-refractivity contribution in [2.24, 2.45) is 5.92 Å². The molecule has 0 bridgehead atoms. The summed E-state index contributed by atoms with van der Waals surface area (Å²) in [5, 5.41) is 9.45. The number of hydrogen-bond acceptors (Lipinski definition) is 2. The minimum atomic E-state index is -1.04. The molecule has 108 valence electrons. The monoisotopic (exact) mass is 299 g/mol. The highest BCUT2D eigenvalue weighted by molar-refractivity contribution is 6.31. The van der Waals surface area contributed by atoms with Crippen LogP contribution in [0.25, 0.3) is 0 Å². The molecule has 0 aromatic heterocycles. The Morgan fingerprint density at radius 3 is 2.80 bits per heavy atom. The second-order valence-electron chi connectivity index (χ2n) is 4.85. The maximum absolute atomic E-state index is 13.1. The third-order valence-electron chi connectivity index (χ3n) is 3.49. The molecule has 1 aliphatic heterocycles. The van der Waals surface area contributed by atoms with Crippen molar-refractivity contribution in [2.45, 2.75) is 25.8 Å². The van der Waals surface area contributed by atoms with E-state index in [9.17, 15) is 19.1 Å². The van der Waals surface area contributed by atoms with Gasteiger partial charge in [0.25, 0.3) is 0 Å². The normalized spacial score (nSPS) is 22.4. The molecule has 6 heteroatoms. The second-order valence-corrected chi connectivity index (χ2v) is 5.25. The van der Waals surface area contributed by atoms with Crippen molar-refractivity contribution >= 4 is 23.5 Å².